The number of likely N-dealkylation sites (tertiary alicyclic amines) is 1. The molecule has 1 aliphatic heterocycles. The predicted octanol–water partition coefficient (Wildman–Crippen LogP) is 3.67. The van der Waals surface area contributed by atoms with E-state index < -0.39 is 0 Å². The molecule has 4 heteroatoms. The van der Waals surface area contributed by atoms with Gasteiger partial charge in [0.15, 0.2) is 5.78 Å². The molecular formula is C13H18BrNOS. The van der Waals surface area contributed by atoms with Crippen molar-refractivity contribution in [2.75, 3.05) is 19.6 Å². The van der Waals surface area contributed by atoms with Gasteiger partial charge in [0.1, 0.15) is 0 Å². The fourth-order valence-corrected chi connectivity index (χ4v) is 3.61. The highest BCUT2D eigenvalue weighted by atomic mass is 79.9. The molecule has 0 saturated carbocycles. The average Bonchev–Trinajstić information content (AvgIpc) is 2.86. The zero-order chi connectivity index (χ0) is 12.4. The van der Waals surface area contributed by atoms with E-state index in [9.17, 15) is 4.79 Å². The van der Waals surface area contributed by atoms with Gasteiger partial charge in [-0.1, -0.05) is 13.8 Å². The topological polar surface area (TPSA) is 20.3 Å². The minimum atomic E-state index is 0.255. The summed E-state index contributed by atoms with van der Waals surface area (Å²) >= 11 is 4.92. The summed E-state index contributed by atoms with van der Waals surface area (Å²) < 4.78 is 1.03. The van der Waals surface area contributed by atoms with E-state index in [1.54, 1.807) is 0 Å². The second-order valence-corrected chi connectivity index (χ2v) is 7.52. The third-order valence-corrected chi connectivity index (χ3v) is 5.13. The van der Waals surface area contributed by atoms with E-state index in [0.29, 0.717) is 6.54 Å². The normalized spacial score (nSPS) is 21.3. The Bertz CT molecular complexity index is 402. The molecule has 94 valence electrons. The van der Waals surface area contributed by atoms with E-state index in [0.717, 1.165) is 33.6 Å². The van der Waals surface area contributed by atoms with Crippen LogP contribution in [-0.2, 0) is 0 Å². The van der Waals surface area contributed by atoms with Gasteiger partial charge in [-0.25, -0.2) is 0 Å². The molecule has 2 heterocycles. The molecule has 1 unspecified atom stereocenters. The van der Waals surface area contributed by atoms with Crippen molar-refractivity contribution in [3.05, 3.63) is 20.8 Å². The summed E-state index contributed by atoms with van der Waals surface area (Å²) in [7, 11) is 0. The van der Waals surface area contributed by atoms with Gasteiger partial charge in [-0.3, -0.25) is 9.69 Å². The molecule has 17 heavy (non-hydrogen) atoms. The second kappa shape index (κ2) is 5.63. The molecule has 1 aromatic heterocycles. The van der Waals surface area contributed by atoms with Crippen molar-refractivity contribution in [3.8, 4) is 0 Å². The van der Waals surface area contributed by atoms with Gasteiger partial charge in [-0.15, -0.1) is 11.3 Å². The molecule has 0 bridgehead atoms. The fourth-order valence-electron chi connectivity index (χ4n) is 2.30. The lowest BCUT2D eigenvalue weighted by atomic mass is 9.95. The summed E-state index contributed by atoms with van der Waals surface area (Å²) in [5.74, 6) is 1.74. The standard InChI is InChI=1S/C13H18BrNOS/c1-9(2)10-5-6-15(7-10)8-11(16)12-3-4-13(14)17-12/h3-4,9-10H,5-8H2,1-2H3. The maximum absolute atomic E-state index is 12.0. The number of rotatable bonds is 4. The first-order valence-electron chi connectivity index (χ1n) is 6.07. The largest absolute Gasteiger partial charge is 0.295 e. The quantitative estimate of drug-likeness (QED) is 0.790. The van der Waals surface area contributed by atoms with Crippen LogP contribution >= 0.6 is 27.3 Å². The number of Topliss-reactive ketones (excluding diaryl/α,β-unsaturated/α-hetero) is 1. The van der Waals surface area contributed by atoms with E-state index in [2.05, 4.69) is 34.7 Å². The van der Waals surface area contributed by atoms with Crippen molar-refractivity contribution < 1.29 is 4.79 Å². The van der Waals surface area contributed by atoms with Crippen molar-refractivity contribution in [2.45, 2.75) is 20.3 Å². The fraction of sp³-hybridized carbons (Fsp3) is 0.615. The third-order valence-electron chi connectivity index (χ3n) is 3.47. The zero-order valence-corrected chi connectivity index (χ0v) is 12.7. The van der Waals surface area contributed by atoms with Gasteiger partial charge in [0, 0.05) is 6.54 Å². The Balaban J connectivity index is 1.88. The van der Waals surface area contributed by atoms with Crippen LogP contribution in [0.25, 0.3) is 0 Å². The molecule has 1 aliphatic rings. The molecule has 2 nitrogen and oxygen atoms in total. The smallest absolute Gasteiger partial charge is 0.186 e. The maximum Gasteiger partial charge on any atom is 0.186 e. The number of ketones is 1. The molecule has 0 radical (unpaired) electrons. The Morgan fingerprint density at radius 1 is 1.59 bits per heavy atom. The van der Waals surface area contributed by atoms with Crippen LogP contribution in [0, 0.1) is 11.8 Å². The van der Waals surface area contributed by atoms with Crippen LogP contribution in [0.2, 0.25) is 0 Å². The monoisotopic (exact) mass is 315 g/mol. The van der Waals surface area contributed by atoms with Crippen molar-refractivity contribution in [2.24, 2.45) is 11.8 Å². The van der Waals surface area contributed by atoms with E-state index in [1.165, 1.54) is 17.8 Å². The van der Waals surface area contributed by atoms with Crippen molar-refractivity contribution in [3.63, 3.8) is 0 Å². The van der Waals surface area contributed by atoms with E-state index in [4.69, 9.17) is 0 Å². The highest BCUT2D eigenvalue weighted by molar-refractivity contribution is 9.11. The Kier molecular flexibility index (Phi) is 4.39. The Hall–Kier alpha value is -0.190. The van der Waals surface area contributed by atoms with Gasteiger partial charge in [-0.2, -0.15) is 0 Å². The minimum absolute atomic E-state index is 0.255. The summed E-state index contributed by atoms with van der Waals surface area (Å²) in [6.07, 6.45) is 1.24. The first-order chi connectivity index (χ1) is 8.06. The van der Waals surface area contributed by atoms with Crippen LogP contribution in [0.3, 0.4) is 0 Å². The van der Waals surface area contributed by atoms with Crippen LogP contribution in [0.15, 0.2) is 15.9 Å². The summed E-state index contributed by atoms with van der Waals surface area (Å²) in [5, 5.41) is 0. The lowest BCUT2D eigenvalue weighted by Gasteiger charge is -2.16. The maximum atomic E-state index is 12.0. The number of halogens is 1. The van der Waals surface area contributed by atoms with Crippen molar-refractivity contribution >= 4 is 33.0 Å². The molecule has 0 aliphatic carbocycles. The lowest BCUT2D eigenvalue weighted by molar-refractivity contribution is 0.0946. The molecular weight excluding hydrogens is 298 g/mol. The molecule has 0 spiro atoms. The first-order valence-corrected chi connectivity index (χ1v) is 7.68. The summed E-state index contributed by atoms with van der Waals surface area (Å²) in [4.78, 5) is 15.2. The number of hydrogen-bond donors (Lipinski definition) is 0. The molecule has 0 N–H and O–H groups in total. The number of thiophene rings is 1. The van der Waals surface area contributed by atoms with Crippen LogP contribution < -0.4 is 0 Å². The first kappa shape index (κ1) is 13.2. The van der Waals surface area contributed by atoms with Crippen molar-refractivity contribution in [1.82, 2.24) is 4.90 Å². The molecule has 0 aromatic carbocycles. The Labute approximate surface area is 115 Å². The van der Waals surface area contributed by atoms with E-state index in [1.807, 2.05) is 12.1 Å². The van der Waals surface area contributed by atoms with E-state index in [-0.39, 0.29) is 5.78 Å². The highest BCUT2D eigenvalue weighted by Gasteiger charge is 2.26. The van der Waals surface area contributed by atoms with Crippen LogP contribution in [0.1, 0.15) is 29.9 Å². The lowest BCUT2D eigenvalue weighted by Crippen LogP contribution is -2.28. The minimum Gasteiger partial charge on any atom is -0.295 e. The molecule has 2 rings (SSSR count). The van der Waals surface area contributed by atoms with Gasteiger partial charge < -0.3 is 0 Å². The number of carbonyl (C=O) groups excluding carboxylic acids is 1. The number of hydrogen-bond acceptors (Lipinski definition) is 3. The molecule has 0 amide bonds. The second-order valence-electron chi connectivity index (χ2n) is 5.05. The van der Waals surface area contributed by atoms with Gasteiger partial charge in [0.05, 0.1) is 15.2 Å². The zero-order valence-electron chi connectivity index (χ0n) is 10.3. The molecule has 1 aromatic rings. The Morgan fingerprint density at radius 2 is 2.35 bits per heavy atom. The van der Waals surface area contributed by atoms with E-state index >= 15 is 0 Å². The predicted molar refractivity (Wildman–Crippen MR) is 75.7 cm³/mol. The summed E-state index contributed by atoms with van der Waals surface area (Å²) in [5.41, 5.74) is 0. The van der Waals surface area contributed by atoms with Gasteiger partial charge in [-0.05, 0) is 52.9 Å². The molecule has 1 fully saturated rings. The SMILES string of the molecule is CC(C)C1CCN(CC(=O)c2ccc(Br)s2)C1. The highest BCUT2D eigenvalue weighted by Crippen LogP contribution is 2.25. The summed E-state index contributed by atoms with van der Waals surface area (Å²) in [6, 6.07) is 3.85. The van der Waals surface area contributed by atoms with Crippen LogP contribution in [-0.4, -0.2) is 30.3 Å². The van der Waals surface area contributed by atoms with Crippen LogP contribution in [0.4, 0.5) is 0 Å². The van der Waals surface area contributed by atoms with Gasteiger partial charge in [0.25, 0.3) is 0 Å². The number of nitrogens with zero attached hydrogens (tertiary/aromatic N) is 1. The third kappa shape index (κ3) is 3.39. The molecule has 1 saturated heterocycles. The average molecular weight is 316 g/mol. The molecule has 1 atom stereocenters. The number of carbonyl (C=O) groups is 1. The van der Waals surface area contributed by atoms with Gasteiger partial charge in [0.2, 0.25) is 0 Å². The van der Waals surface area contributed by atoms with Crippen LogP contribution in [0.5, 0.6) is 0 Å². The van der Waals surface area contributed by atoms with Gasteiger partial charge >= 0.3 is 0 Å². The van der Waals surface area contributed by atoms with Crippen molar-refractivity contribution in [1.29, 1.82) is 0 Å². The Morgan fingerprint density at radius 3 is 2.88 bits per heavy atom. The summed E-state index contributed by atoms with van der Waals surface area (Å²) in [6.45, 7) is 7.27.